The van der Waals surface area contributed by atoms with Gasteiger partial charge in [0.1, 0.15) is 12.1 Å². The molecular formula is C14H22BrN3O. The van der Waals surface area contributed by atoms with Crippen molar-refractivity contribution < 1.29 is 4.74 Å². The van der Waals surface area contributed by atoms with Gasteiger partial charge in [-0.3, -0.25) is 0 Å². The summed E-state index contributed by atoms with van der Waals surface area (Å²) in [6.45, 7) is 3.89. The molecule has 0 radical (unpaired) electrons. The molecule has 0 amide bonds. The zero-order chi connectivity index (χ0) is 13.5. The summed E-state index contributed by atoms with van der Waals surface area (Å²) in [5.41, 5.74) is 0. The number of piperidine rings is 1. The fourth-order valence-corrected chi connectivity index (χ4v) is 3.03. The van der Waals surface area contributed by atoms with Crippen LogP contribution >= 0.6 is 15.9 Å². The minimum absolute atomic E-state index is 0.585. The van der Waals surface area contributed by atoms with Crippen molar-refractivity contribution >= 4 is 21.7 Å². The highest BCUT2D eigenvalue weighted by molar-refractivity contribution is 9.09. The SMILES string of the molecule is CCCOc1cc(N2CCCCC2CCBr)ncn1. The Balaban J connectivity index is 2.09. The van der Waals surface area contributed by atoms with Crippen LogP contribution in [0.15, 0.2) is 12.4 Å². The van der Waals surface area contributed by atoms with Crippen LogP contribution in [0.4, 0.5) is 5.82 Å². The molecule has 2 rings (SSSR count). The molecule has 1 saturated heterocycles. The van der Waals surface area contributed by atoms with E-state index in [-0.39, 0.29) is 0 Å². The zero-order valence-electron chi connectivity index (χ0n) is 11.5. The Kier molecular flexibility index (Phi) is 5.89. The van der Waals surface area contributed by atoms with E-state index in [0.29, 0.717) is 18.5 Å². The number of alkyl halides is 1. The lowest BCUT2D eigenvalue weighted by atomic mass is 10.0. The molecular weight excluding hydrogens is 306 g/mol. The van der Waals surface area contributed by atoms with E-state index in [1.54, 1.807) is 6.33 Å². The molecule has 19 heavy (non-hydrogen) atoms. The Hall–Kier alpha value is -0.840. The molecule has 4 nitrogen and oxygen atoms in total. The lowest BCUT2D eigenvalue weighted by Gasteiger charge is -2.36. The van der Waals surface area contributed by atoms with Crippen molar-refractivity contribution in [3.05, 3.63) is 12.4 Å². The Morgan fingerprint density at radius 3 is 3.11 bits per heavy atom. The summed E-state index contributed by atoms with van der Waals surface area (Å²) in [7, 11) is 0. The molecule has 0 N–H and O–H groups in total. The predicted molar refractivity (Wildman–Crippen MR) is 81.2 cm³/mol. The Morgan fingerprint density at radius 1 is 1.42 bits per heavy atom. The maximum atomic E-state index is 5.59. The van der Waals surface area contributed by atoms with Gasteiger partial charge in [-0.2, -0.15) is 0 Å². The number of anilines is 1. The van der Waals surface area contributed by atoms with Crippen LogP contribution in [0, 0.1) is 0 Å². The van der Waals surface area contributed by atoms with Crippen molar-refractivity contribution in [3.8, 4) is 5.88 Å². The number of hydrogen-bond acceptors (Lipinski definition) is 4. The average molecular weight is 328 g/mol. The highest BCUT2D eigenvalue weighted by Crippen LogP contribution is 2.26. The number of aromatic nitrogens is 2. The van der Waals surface area contributed by atoms with Crippen molar-refractivity contribution in [1.82, 2.24) is 9.97 Å². The summed E-state index contributed by atoms with van der Waals surface area (Å²) in [6.07, 6.45) is 7.58. The van der Waals surface area contributed by atoms with Gasteiger partial charge in [0.2, 0.25) is 5.88 Å². The molecule has 1 fully saturated rings. The van der Waals surface area contributed by atoms with Gasteiger partial charge < -0.3 is 9.64 Å². The number of halogens is 1. The zero-order valence-corrected chi connectivity index (χ0v) is 13.1. The third-order valence-corrected chi connectivity index (χ3v) is 3.90. The summed E-state index contributed by atoms with van der Waals surface area (Å²) in [5, 5.41) is 1.04. The first-order valence-corrected chi connectivity index (χ1v) is 8.24. The smallest absolute Gasteiger partial charge is 0.218 e. The molecule has 0 aliphatic carbocycles. The van der Waals surface area contributed by atoms with Gasteiger partial charge in [0.05, 0.1) is 6.61 Å². The van der Waals surface area contributed by atoms with Gasteiger partial charge in [-0.05, 0) is 32.1 Å². The standard InChI is InChI=1S/C14H22BrN3O/c1-2-9-19-14-10-13(16-11-17-14)18-8-4-3-5-12(18)6-7-15/h10-12H,2-9H2,1H3. The van der Waals surface area contributed by atoms with Crippen LogP contribution in [-0.2, 0) is 0 Å². The average Bonchev–Trinajstić information content (AvgIpc) is 2.46. The van der Waals surface area contributed by atoms with Gasteiger partial charge in [-0.25, -0.2) is 9.97 Å². The first-order valence-electron chi connectivity index (χ1n) is 7.12. The van der Waals surface area contributed by atoms with E-state index in [2.05, 4.69) is 37.7 Å². The fourth-order valence-electron chi connectivity index (χ4n) is 2.50. The van der Waals surface area contributed by atoms with Crippen molar-refractivity contribution in [2.45, 2.75) is 45.1 Å². The summed E-state index contributed by atoms with van der Waals surface area (Å²) in [6, 6.07) is 2.56. The molecule has 0 spiro atoms. The van der Waals surface area contributed by atoms with Gasteiger partial charge in [-0.15, -0.1) is 0 Å². The second-order valence-corrected chi connectivity index (χ2v) is 5.68. The van der Waals surface area contributed by atoms with E-state index in [0.717, 1.165) is 30.5 Å². The molecule has 0 bridgehead atoms. The van der Waals surface area contributed by atoms with Crippen LogP contribution in [0.25, 0.3) is 0 Å². The monoisotopic (exact) mass is 327 g/mol. The molecule has 5 heteroatoms. The second kappa shape index (κ2) is 7.68. The third-order valence-electron chi connectivity index (χ3n) is 3.45. The predicted octanol–water partition coefficient (Wildman–Crippen LogP) is 3.41. The van der Waals surface area contributed by atoms with Gasteiger partial charge >= 0.3 is 0 Å². The number of nitrogens with zero attached hydrogens (tertiary/aromatic N) is 3. The summed E-state index contributed by atoms with van der Waals surface area (Å²) in [4.78, 5) is 11.0. The van der Waals surface area contributed by atoms with Gasteiger partial charge in [0.25, 0.3) is 0 Å². The summed E-state index contributed by atoms with van der Waals surface area (Å²) < 4.78 is 5.59. The topological polar surface area (TPSA) is 38.2 Å². The van der Waals surface area contributed by atoms with Crippen LogP contribution in [0.5, 0.6) is 5.88 Å². The maximum absolute atomic E-state index is 5.59. The van der Waals surface area contributed by atoms with Gasteiger partial charge in [0.15, 0.2) is 0 Å². The van der Waals surface area contributed by atoms with Crippen molar-refractivity contribution in [1.29, 1.82) is 0 Å². The van der Waals surface area contributed by atoms with E-state index in [1.165, 1.54) is 19.3 Å². The highest BCUT2D eigenvalue weighted by atomic mass is 79.9. The summed E-state index contributed by atoms with van der Waals surface area (Å²) in [5.74, 6) is 1.70. The van der Waals surface area contributed by atoms with E-state index in [9.17, 15) is 0 Å². The van der Waals surface area contributed by atoms with E-state index < -0.39 is 0 Å². The molecule has 2 heterocycles. The van der Waals surface area contributed by atoms with Crippen molar-refractivity contribution in [3.63, 3.8) is 0 Å². The molecule has 1 unspecified atom stereocenters. The van der Waals surface area contributed by atoms with Crippen LogP contribution in [0.3, 0.4) is 0 Å². The first kappa shape index (κ1) is 14.6. The number of hydrogen-bond donors (Lipinski definition) is 0. The largest absolute Gasteiger partial charge is 0.478 e. The molecule has 1 aromatic rings. The lowest BCUT2D eigenvalue weighted by Crippen LogP contribution is -2.40. The lowest BCUT2D eigenvalue weighted by molar-refractivity contribution is 0.304. The van der Waals surface area contributed by atoms with Crippen LogP contribution in [-0.4, -0.2) is 34.5 Å². The Morgan fingerprint density at radius 2 is 2.32 bits per heavy atom. The quantitative estimate of drug-likeness (QED) is 0.750. The van der Waals surface area contributed by atoms with E-state index in [4.69, 9.17) is 4.74 Å². The van der Waals surface area contributed by atoms with Crippen LogP contribution < -0.4 is 9.64 Å². The molecule has 1 aromatic heterocycles. The fraction of sp³-hybridized carbons (Fsp3) is 0.714. The molecule has 1 aliphatic heterocycles. The normalized spacial score (nSPS) is 19.5. The minimum Gasteiger partial charge on any atom is -0.478 e. The van der Waals surface area contributed by atoms with Crippen molar-refractivity contribution in [2.75, 3.05) is 23.4 Å². The summed E-state index contributed by atoms with van der Waals surface area (Å²) >= 11 is 3.55. The number of ether oxygens (including phenoxy) is 1. The Bertz CT molecular complexity index is 387. The molecule has 0 saturated carbocycles. The minimum atomic E-state index is 0.585. The molecule has 1 aliphatic rings. The van der Waals surface area contributed by atoms with E-state index >= 15 is 0 Å². The van der Waals surface area contributed by atoms with Crippen molar-refractivity contribution in [2.24, 2.45) is 0 Å². The number of rotatable bonds is 6. The van der Waals surface area contributed by atoms with Crippen LogP contribution in [0.1, 0.15) is 39.0 Å². The van der Waals surface area contributed by atoms with E-state index in [1.807, 2.05) is 6.07 Å². The van der Waals surface area contributed by atoms with Crippen LogP contribution in [0.2, 0.25) is 0 Å². The maximum Gasteiger partial charge on any atom is 0.218 e. The van der Waals surface area contributed by atoms with Gasteiger partial charge in [0, 0.05) is 24.0 Å². The Labute approximate surface area is 123 Å². The highest BCUT2D eigenvalue weighted by Gasteiger charge is 2.23. The molecule has 106 valence electrons. The second-order valence-electron chi connectivity index (χ2n) is 4.88. The first-order chi connectivity index (χ1) is 9.35. The molecule has 0 aromatic carbocycles. The van der Waals surface area contributed by atoms with Gasteiger partial charge in [-0.1, -0.05) is 22.9 Å². The third kappa shape index (κ3) is 4.06. The molecule has 1 atom stereocenters.